The molecule has 0 aliphatic rings. The third kappa shape index (κ3) is 4.50. The quantitative estimate of drug-likeness (QED) is 0.262. The Hall–Kier alpha value is -3.60. The van der Waals surface area contributed by atoms with Gasteiger partial charge in [-0.3, -0.25) is 9.36 Å². The van der Waals surface area contributed by atoms with Gasteiger partial charge in [-0.15, -0.1) is 15.3 Å². The van der Waals surface area contributed by atoms with Crippen LogP contribution in [-0.4, -0.2) is 44.0 Å². The third-order valence-electron chi connectivity index (χ3n) is 5.37. The lowest BCUT2D eigenvalue weighted by atomic mass is 10.2. The number of hydrogen-bond acceptors (Lipinski definition) is 8. The van der Waals surface area contributed by atoms with E-state index in [9.17, 15) is 4.79 Å². The minimum absolute atomic E-state index is 0.158. The van der Waals surface area contributed by atoms with Crippen molar-refractivity contribution in [2.45, 2.75) is 11.0 Å². The molecule has 0 amide bonds. The number of nitrogens with zero attached hydrogens (tertiary/aromatic N) is 6. The van der Waals surface area contributed by atoms with Crippen molar-refractivity contribution in [1.29, 1.82) is 0 Å². The Morgan fingerprint density at radius 2 is 1.69 bits per heavy atom. The van der Waals surface area contributed by atoms with E-state index in [4.69, 9.17) is 32.7 Å². The van der Waals surface area contributed by atoms with Crippen molar-refractivity contribution in [1.82, 2.24) is 29.8 Å². The predicted molar refractivity (Wildman–Crippen MR) is 140 cm³/mol. The van der Waals surface area contributed by atoms with Crippen LogP contribution in [0.15, 0.2) is 70.6 Å². The molecule has 2 aromatic heterocycles. The van der Waals surface area contributed by atoms with Gasteiger partial charge in [0.1, 0.15) is 17.0 Å². The van der Waals surface area contributed by atoms with Crippen LogP contribution >= 0.6 is 35.0 Å². The topological polar surface area (TPSA) is 97.0 Å². The Kier molecular flexibility index (Phi) is 6.82. The van der Waals surface area contributed by atoms with E-state index in [1.165, 1.54) is 16.4 Å². The molecule has 0 unspecified atom stereocenters. The zero-order valence-electron chi connectivity index (χ0n) is 19.1. The minimum atomic E-state index is -0.247. The van der Waals surface area contributed by atoms with E-state index in [0.29, 0.717) is 54.7 Å². The molecule has 2 heterocycles. The van der Waals surface area contributed by atoms with Gasteiger partial charge in [0.15, 0.2) is 11.0 Å². The Balaban J connectivity index is 1.60. The fraction of sp³-hybridized carbons (Fsp3) is 0.125. The molecule has 0 fully saturated rings. The molecule has 5 rings (SSSR count). The molecule has 182 valence electrons. The SMILES string of the molecule is COc1ccc(-n2c(SCn3nnc4ccccc4c3=O)nnc2-c2cc(Cl)ccc2OC)cc1Cl. The normalized spacial score (nSPS) is 11.1. The average Bonchev–Trinajstić information content (AvgIpc) is 3.32. The summed E-state index contributed by atoms with van der Waals surface area (Å²) in [5.74, 6) is 1.74. The number of halogens is 2. The van der Waals surface area contributed by atoms with Gasteiger partial charge in [-0.1, -0.05) is 52.3 Å². The Bertz CT molecular complexity index is 1640. The number of rotatable bonds is 7. The summed E-state index contributed by atoms with van der Waals surface area (Å²) in [7, 11) is 3.11. The lowest BCUT2D eigenvalue weighted by molar-refractivity contribution is 0.415. The summed E-state index contributed by atoms with van der Waals surface area (Å²) in [6.45, 7) is 0. The first-order valence-corrected chi connectivity index (χ1v) is 12.3. The molecule has 0 atom stereocenters. The second-order valence-corrected chi connectivity index (χ2v) is 9.25. The Morgan fingerprint density at radius 3 is 2.47 bits per heavy atom. The summed E-state index contributed by atoms with van der Waals surface area (Å²) in [4.78, 5) is 12.9. The van der Waals surface area contributed by atoms with Gasteiger partial charge in [0, 0.05) is 5.02 Å². The van der Waals surface area contributed by atoms with Crippen LogP contribution in [0.25, 0.3) is 28.0 Å². The van der Waals surface area contributed by atoms with Crippen molar-refractivity contribution in [2.24, 2.45) is 0 Å². The molecule has 0 radical (unpaired) electrons. The van der Waals surface area contributed by atoms with Crippen molar-refractivity contribution in [3.63, 3.8) is 0 Å². The zero-order chi connectivity index (χ0) is 25.2. The Labute approximate surface area is 219 Å². The number of methoxy groups -OCH3 is 2. The minimum Gasteiger partial charge on any atom is -0.496 e. The molecule has 12 heteroatoms. The fourth-order valence-corrected chi connectivity index (χ4v) is 4.90. The van der Waals surface area contributed by atoms with Crippen LogP contribution in [0.4, 0.5) is 0 Å². The predicted octanol–water partition coefficient (Wildman–Crippen LogP) is 5.11. The average molecular weight is 541 g/mol. The van der Waals surface area contributed by atoms with Gasteiger partial charge in [-0.25, -0.2) is 0 Å². The van der Waals surface area contributed by atoms with Gasteiger partial charge in [0.25, 0.3) is 5.56 Å². The highest BCUT2D eigenvalue weighted by atomic mass is 35.5. The van der Waals surface area contributed by atoms with Gasteiger partial charge in [0.05, 0.1) is 41.8 Å². The lowest BCUT2D eigenvalue weighted by Crippen LogP contribution is -2.23. The zero-order valence-corrected chi connectivity index (χ0v) is 21.4. The molecule has 0 aliphatic heterocycles. The van der Waals surface area contributed by atoms with E-state index >= 15 is 0 Å². The standard InChI is InChI=1S/C24H18Cl2N6O3S/c1-34-20-9-7-14(25)11-17(20)22-28-29-24(32(22)15-8-10-21(35-2)18(26)12-15)36-13-31-23(33)16-5-3-4-6-19(16)27-30-31/h3-12H,13H2,1-2H3. The highest BCUT2D eigenvalue weighted by Crippen LogP contribution is 2.37. The largest absolute Gasteiger partial charge is 0.496 e. The van der Waals surface area contributed by atoms with Crippen LogP contribution in [0.5, 0.6) is 11.5 Å². The van der Waals surface area contributed by atoms with Crippen LogP contribution in [0.3, 0.4) is 0 Å². The van der Waals surface area contributed by atoms with E-state index in [-0.39, 0.29) is 11.4 Å². The monoisotopic (exact) mass is 540 g/mol. The van der Waals surface area contributed by atoms with Gasteiger partial charge in [0.2, 0.25) is 0 Å². The maximum absolute atomic E-state index is 12.9. The second kappa shape index (κ2) is 10.2. The molecule has 0 spiro atoms. The smallest absolute Gasteiger partial charge is 0.278 e. The van der Waals surface area contributed by atoms with Crippen LogP contribution in [0.1, 0.15) is 0 Å². The fourth-order valence-electron chi connectivity index (χ4n) is 3.65. The van der Waals surface area contributed by atoms with Gasteiger partial charge in [-0.2, -0.15) is 4.68 Å². The van der Waals surface area contributed by atoms with E-state index in [2.05, 4.69) is 20.5 Å². The van der Waals surface area contributed by atoms with Crippen molar-refractivity contribution >= 4 is 45.9 Å². The number of aromatic nitrogens is 6. The first-order chi connectivity index (χ1) is 17.5. The first kappa shape index (κ1) is 24.1. The molecule has 0 aliphatic carbocycles. The van der Waals surface area contributed by atoms with Gasteiger partial charge in [-0.05, 0) is 48.5 Å². The number of fused-ring (bicyclic) bond motifs is 1. The van der Waals surface area contributed by atoms with Gasteiger partial charge >= 0.3 is 0 Å². The molecule has 5 aromatic rings. The summed E-state index contributed by atoms with van der Waals surface area (Å²) in [5, 5.41) is 18.9. The molecule has 0 saturated heterocycles. The highest BCUT2D eigenvalue weighted by molar-refractivity contribution is 7.98. The van der Waals surface area contributed by atoms with Crippen LogP contribution in [0, 0.1) is 0 Å². The maximum atomic E-state index is 12.9. The van der Waals surface area contributed by atoms with Crippen molar-refractivity contribution in [3.05, 3.63) is 81.1 Å². The number of benzene rings is 3. The highest BCUT2D eigenvalue weighted by Gasteiger charge is 2.21. The molecule has 0 bridgehead atoms. The molecule has 0 saturated carbocycles. The van der Waals surface area contributed by atoms with Crippen LogP contribution in [0.2, 0.25) is 10.0 Å². The third-order valence-corrected chi connectivity index (χ3v) is 6.80. The second-order valence-electron chi connectivity index (χ2n) is 7.49. The van der Waals surface area contributed by atoms with E-state index < -0.39 is 0 Å². The number of thioether (sulfide) groups is 1. The van der Waals surface area contributed by atoms with Gasteiger partial charge < -0.3 is 9.47 Å². The Morgan fingerprint density at radius 1 is 0.917 bits per heavy atom. The number of ether oxygens (including phenoxy) is 2. The summed E-state index contributed by atoms with van der Waals surface area (Å²) >= 11 is 14.0. The summed E-state index contributed by atoms with van der Waals surface area (Å²) in [6, 6.07) is 17.6. The molecule has 36 heavy (non-hydrogen) atoms. The van der Waals surface area contributed by atoms with E-state index in [0.717, 1.165) is 0 Å². The maximum Gasteiger partial charge on any atom is 0.278 e. The summed E-state index contributed by atoms with van der Waals surface area (Å²) in [6.07, 6.45) is 0. The first-order valence-electron chi connectivity index (χ1n) is 10.6. The van der Waals surface area contributed by atoms with Crippen molar-refractivity contribution in [3.8, 4) is 28.6 Å². The summed E-state index contributed by atoms with van der Waals surface area (Å²) < 4.78 is 13.9. The van der Waals surface area contributed by atoms with Crippen molar-refractivity contribution in [2.75, 3.05) is 14.2 Å². The molecular weight excluding hydrogens is 523 g/mol. The van der Waals surface area contributed by atoms with E-state index in [1.54, 1.807) is 62.8 Å². The van der Waals surface area contributed by atoms with Crippen molar-refractivity contribution < 1.29 is 9.47 Å². The molecular formula is C24H18Cl2N6O3S. The molecule has 0 N–H and O–H groups in total. The van der Waals surface area contributed by atoms with Crippen LogP contribution in [-0.2, 0) is 5.88 Å². The number of hydrogen-bond donors (Lipinski definition) is 0. The van der Waals surface area contributed by atoms with Crippen LogP contribution < -0.4 is 15.0 Å². The lowest BCUT2D eigenvalue weighted by Gasteiger charge is -2.14. The van der Waals surface area contributed by atoms with E-state index in [1.807, 2.05) is 16.7 Å². The summed E-state index contributed by atoms with van der Waals surface area (Å²) in [5.41, 5.74) is 1.61. The molecule has 9 nitrogen and oxygen atoms in total. The molecule has 3 aromatic carbocycles.